The van der Waals surface area contributed by atoms with Gasteiger partial charge in [0, 0.05) is 6.42 Å². The van der Waals surface area contributed by atoms with Crippen LogP contribution in [0.5, 0.6) is 0 Å². The van der Waals surface area contributed by atoms with Gasteiger partial charge in [0.2, 0.25) is 5.89 Å². The Balaban J connectivity index is 2.14. The van der Waals surface area contributed by atoms with Crippen molar-refractivity contribution in [2.45, 2.75) is 12.5 Å². The normalized spacial score (nSPS) is 12.6. The van der Waals surface area contributed by atoms with Crippen molar-refractivity contribution in [3.63, 3.8) is 0 Å². The van der Waals surface area contributed by atoms with E-state index < -0.39 is 6.04 Å². The molecule has 90 valence electrons. The molecule has 1 unspecified atom stereocenters. The van der Waals surface area contributed by atoms with E-state index in [1.807, 2.05) is 0 Å². The molecule has 1 atom stereocenters. The highest BCUT2D eigenvalue weighted by Gasteiger charge is 2.14. The zero-order valence-corrected chi connectivity index (χ0v) is 9.01. The first-order valence-corrected chi connectivity index (χ1v) is 5.13. The molecule has 0 fully saturated rings. The second-order valence-corrected chi connectivity index (χ2v) is 3.61. The van der Waals surface area contributed by atoms with Gasteiger partial charge in [-0.2, -0.15) is 4.98 Å². The summed E-state index contributed by atoms with van der Waals surface area (Å²) in [6.07, 6.45) is 0.230. The Hall–Kier alpha value is -1.79. The van der Waals surface area contributed by atoms with E-state index in [0.717, 1.165) is 0 Å². The molecule has 1 heterocycles. The minimum atomic E-state index is -0.697. The van der Waals surface area contributed by atoms with Gasteiger partial charge in [-0.1, -0.05) is 23.4 Å². The average Bonchev–Trinajstić information content (AvgIpc) is 2.80. The van der Waals surface area contributed by atoms with Crippen LogP contribution in [0, 0.1) is 5.82 Å². The monoisotopic (exact) mass is 237 g/mol. The second kappa shape index (κ2) is 5.03. The highest BCUT2D eigenvalue weighted by atomic mass is 19.1. The van der Waals surface area contributed by atoms with Crippen LogP contribution in [0.3, 0.4) is 0 Å². The predicted octanol–water partition coefficient (Wildman–Crippen LogP) is 0.792. The number of hydrogen-bond acceptors (Lipinski definition) is 5. The summed E-state index contributed by atoms with van der Waals surface area (Å²) in [6.45, 7) is -0.276. The van der Waals surface area contributed by atoms with Crippen molar-refractivity contribution >= 4 is 0 Å². The number of aliphatic hydroxyl groups excluding tert-OH is 1. The maximum atomic E-state index is 13.4. The van der Waals surface area contributed by atoms with Gasteiger partial charge < -0.3 is 15.4 Å². The molecule has 1 aromatic heterocycles. The van der Waals surface area contributed by atoms with E-state index in [1.54, 1.807) is 18.2 Å². The molecule has 2 rings (SSSR count). The van der Waals surface area contributed by atoms with Gasteiger partial charge in [0.05, 0.1) is 6.61 Å². The number of nitrogens with zero attached hydrogens (tertiary/aromatic N) is 2. The van der Waals surface area contributed by atoms with Gasteiger partial charge in [-0.25, -0.2) is 4.39 Å². The van der Waals surface area contributed by atoms with Crippen molar-refractivity contribution in [2.75, 3.05) is 6.61 Å². The summed E-state index contributed by atoms with van der Waals surface area (Å²) >= 11 is 0. The molecule has 0 amide bonds. The molecule has 0 aliphatic carbocycles. The summed E-state index contributed by atoms with van der Waals surface area (Å²) in [5.74, 6) is 0.179. The number of nitrogens with two attached hydrogens (primary N) is 1. The molecule has 0 aliphatic heterocycles. The molecule has 5 nitrogen and oxygen atoms in total. The van der Waals surface area contributed by atoms with Gasteiger partial charge in [0.1, 0.15) is 11.9 Å². The Morgan fingerprint density at radius 1 is 1.41 bits per heavy atom. The van der Waals surface area contributed by atoms with E-state index in [0.29, 0.717) is 11.4 Å². The van der Waals surface area contributed by atoms with Crippen molar-refractivity contribution in [1.29, 1.82) is 0 Å². The van der Waals surface area contributed by atoms with Gasteiger partial charge in [-0.05, 0) is 11.6 Å². The van der Waals surface area contributed by atoms with Crippen LogP contribution >= 0.6 is 0 Å². The lowest BCUT2D eigenvalue weighted by atomic mass is 10.1. The number of rotatable bonds is 4. The van der Waals surface area contributed by atoms with E-state index >= 15 is 0 Å². The third-order valence-corrected chi connectivity index (χ3v) is 2.30. The Morgan fingerprint density at radius 3 is 2.88 bits per heavy atom. The molecule has 17 heavy (non-hydrogen) atoms. The molecule has 3 N–H and O–H groups in total. The predicted molar refractivity (Wildman–Crippen MR) is 57.5 cm³/mol. The maximum absolute atomic E-state index is 13.4. The van der Waals surface area contributed by atoms with E-state index in [2.05, 4.69) is 10.1 Å². The Morgan fingerprint density at radius 2 is 2.18 bits per heavy atom. The molecule has 0 saturated heterocycles. The van der Waals surface area contributed by atoms with E-state index in [-0.39, 0.29) is 24.7 Å². The van der Waals surface area contributed by atoms with E-state index in [9.17, 15) is 4.39 Å². The molecule has 0 spiro atoms. The fraction of sp³-hybridized carbons (Fsp3) is 0.273. The quantitative estimate of drug-likeness (QED) is 0.821. The summed E-state index contributed by atoms with van der Waals surface area (Å²) in [7, 11) is 0. The first-order chi connectivity index (χ1) is 8.20. The van der Waals surface area contributed by atoms with Crippen LogP contribution in [0.25, 0.3) is 0 Å². The number of aromatic nitrogens is 2. The van der Waals surface area contributed by atoms with Crippen LogP contribution in [0.4, 0.5) is 4.39 Å². The van der Waals surface area contributed by atoms with E-state index in [1.165, 1.54) is 6.07 Å². The molecule has 1 aromatic carbocycles. The van der Waals surface area contributed by atoms with Gasteiger partial charge in [0.15, 0.2) is 5.82 Å². The van der Waals surface area contributed by atoms with Crippen LogP contribution in [0.1, 0.15) is 23.3 Å². The maximum Gasteiger partial charge on any atom is 0.245 e. The zero-order chi connectivity index (χ0) is 12.3. The van der Waals surface area contributed by atoms with Crippen molar-refractivity contribution in [3.05, 3.63) is 47.4 Å². The molecular weight excluding hydrogens is 225 g/mol. The van der Waals surface area contributed by atoms with Crippen molar-refractivity contribution in [3.8, 4) is 0 Å². The van der Waals surface area contributed by atoms with Crippen LogP contribution in [0.2, 0.25) is 0 Å². The SMILES string of the molecule is NC(CO)c1nc(Cc2ccccc2F)no1. The van der Waals surface area contributed by atoms with Gasteiger partial charge in [0.25, 0.3) is 0 Å². The Labute approximate surface area is 97.1 Å². The minimum Gasteiger partial charge on any atom is -0.394 e. The first-order valence-electron chi connectivity index (χ1n) is 5.13. The summed E-state index contributed by atoms with van der Waals surface area (Å²) in [5, 5.41) is 12.5. The lowest BCUT2D eigenvalue weighted by molar-refractivity contribution is 0.236. The molecule has 0 bridgehead atoms. The number of aliphatic hydroxyl groups is 1. The van der Waals surface area contributed by atoms with Gasteiger partial charge in [-0.15, -0.1) is 0 Å². The van der Waals surface area contributed by atoms with Crippen LogP contribution in [-0.4, -0.2) is 21.9 Å². The average molecular weight is 237 g/mol. The smallest absolute Gasteiger partial charge is 0.245 e. The highest BCUT2D eigenvalue weighted by Crippen LogP contribution is 2.13. The summed E-state index contributed by atoms with van der Waals surface area (Å²) in [4.78, 5) is 3.99. The van der Waals surface area contributed by atoms with Crippen molar-refractivity contribution < 1.29 is 14.0 Å². The fourth-order valence-electron chi connectivity index (χ4n) is 1.38. The second-order valence-electron chi connectivity index (χ2n) is 3.61. The van der Waals surface area contributed by atoms with E-state index in [4.69, 9.17) is 15.4 Å². The number of hydrogen-bond donors (Lipinski definition) is 2. The zero-order valence-electron chi connectivity index (χ0n) is 9.01. The van der Waals surface area contributed by atoms with Crippen LogP contribution in [0.15, 0.2) is 28.8 Å². The third-order valence-electron chi connectivity index (χ3n) is 2.30. The van der Waals surface area contributed by atoms with Crippen LogP contribution in [-0.2, 0) is 6.42 Å². The number of halogens is 1. The minimum absolute atomic E-state index is 0.152. The fourth-order valence-corrected chi connectivity index (χ4v) is 1.38. The molecule has 6 heteroatoms. The Bertz CT molecular complexity index is 501. The summed E-state index contributed by atoms with van der Waals surface area (Å²) in [6, 6.07) is 5.67. The topological polar surface area (TPSA) is 85.2 Å². The van der Waals surface area contributed by atoms with Crippen molar-refractivity contribution in [1.82, 2.24) is 10.1 Å². The highest BCUT2D eigenvalue weighted by molar-refractivity contribution is 5.20. The standard InChI is InChI=1S/C11H12FN3O2/c12-8-4-2-1-3-7(8)5-10-14-11(17-15-10)9(13)6-16/h1-4,9,16H,5-6,13H2. The molecular formula is C11H12FN3O2. The van der Waals surface area contributed by atoms with Gasteiger partial charge >= 0.3 is 0 Å². The van der Waals surface area contributed by atoms with Gasteiger partial charge in [-0.3, -0.25) is 0 Å². The molecule has 0 radical (unpaired) electrons. The van der Waals surface area contributed by atoms with Crippen LogP contribution < -0.4 is 5.73 Å². The summed E-state index contributed by atoms with van der Waals surface area (Å²) < 4.78 is 18.2. The lowest BCUT2D eigenvalue weighted by Gasteiger charge is -1.99. The van der Waals surface area contributed by atoms with Crippen molar-refractivity contribution in [2.24, 2.45) is 5.73 Å². The third kappa shape index (κ3) is 2.66. The summed E-state index contributed by atoms with van der Waals surface area (Å²) in [5.41, 5.74) is 5.99. The molecule has 0 aliphatic rings. The number of benzene rings is 1. The first kappa shape index (κ1) is 11.7. The Kier molecular flexibility index (Phi) is 3.46. The molecule has 0 saturated carbocycles. The lowest BCUT2D eigenvalue weighted by Crippen LogP contribution is -2.14. The largest absolute Gasteiger partial charge is 0.394 e. The molecule has 2 aromatic rings.